The lowest BCUT2D eigenvalue weighted by molar-refractivity contribution is -0.151. The summed E-state index contributed by atoms with van der Waals surface area (Å²) in [5.74, 6) is -3.30. The number of nitrogens with one attached hydrogen (secondary N) is 4. The largest absolute Gasteiger partial charge is 0.477 e. The highest BCUT2D eigenvalue weighted by atomic mass is 19.1. The first-order valence-electron chi connectivity index (χ1n) is 19.9. The van der Waals surface area contributed by atoms with Crippen LogP contribution in [-0.4, -0.2) is 95.2 Å². The van der Waals surface area contributed by atoms with Crippen molar-refractivity contribution in [3.63, 3.8) is 0 Å². The predicted octanol–water partition coefficient (Wildman–Crippen LogP) is 3.52. The molecule has 0 radical (unpaired) electrons. The zero-order chi connectivity index (χ0) is 43.0. The fourth-order valence-electron chi connectivity index (χ4n) is 7.02. The van der Waals surface area contributed by atoms with Gasteiger partial charge in [-0.1, -0.05) is 32.4 Å². The molecule has 17 nitrogen and oxygen atoms in total. The lowest BCUT2D eigenvalue weighted by atomic mass is 9.67. The second-order valence-electron chi connectivity index (χ2n) is 15.4. The van der Waals surface area contributed by atoms with Gasteiger partial charge in [0.1, 0.15) is 29.4 Å². The highest BCUT2D eigenvalue weighted by Gasteiger charge is 2.51. The number of halogens is 1. The van der Waals surface area contributed by atoms with Crippen LogP contribution in [-0.2, 0) is 32.3 Å². The summed E-state index contributed by atoms with van der Waals surface area (Å²) in [6.45, 7) is 9.12. The standard InChI is InChI=1S/C41H53FN8O9/c1-5-48-22-29(36(53)54)34(51)28-20-30(42)33(21-32(28)48)49-16-18-50(19-17-49)40(58)59-23-26-9-11-27(12-10-26)46-35(52)31(8-6-15-44-39(43)57)47-38(56)41(13-7-14-41)37(55)45-25(4)24(2)3/h9-12,20-22,24-25,31H,5-8,13-19,23H2,1-4H3,(H,45,55)(H,46,52)(H,47,56)(H,53,54)(H3,43,44,57)/t25?,31-/m0/s1. The topological polar surface area (TPSA) is 234 Å². The number of primary amides is 1. The number of carbonyl (C=O) groups is 6. The van der Waals surface area contributed by atoms with Gasteiger partial charge in [0.15, 0.2) is 0 Å². The minimum absolute atomic E-state index is 0.0267. The van der Waals surface area contributed by atoms with Crippen LogP contribution in [0.3, 0.4) is 0 Å². The number of ether oxygens (including phenoxy) is 1. The SMILES string of the molecule is CCn1cc(C(=O)O)c(=O)c2cc(F)c(N3CCN(C(=O)OCc4ccc(NC(=O)[C@H](CCCNC(N)=O)NC(=O)C5(C(=O)NC(C)C(C)C)CCC5)cc4)CC3)cc21. The summed E-state index contributed by atoms with van der Waals surface area (Å²) in [4.78, 5) is 92.1. The summed E-state index contributed by atoms with van der Waals surface area (Å²) in [6.07, 6.45) is 2.60. The van der Waals surface area contributed by atoms with Crippen LogP contribution in [0, 0.1) is 17.2 Å². The molecule has 1 saturated carbocycles. The zero-order valence-electron chi connectivity index (χ0n) is 33.8. The summed E-state index contributed by atoms with van der Waals surface area (Å²) < 4.78 is 22.5. The number of amides is 6. The third kappa shape index (κ3) is 10.3. The fraction of sp³-hybridized carbons (Fsp3) is 0.488. The van der Waals surface area contributed by atoms with Crippen molar-refractivity contribution in [1.82, 2.24) is 25.4 Å². The lowest BCUT2D eigenvalue weighted by Crippen LogP contribution is -2.59. The summed E-state index contributed by atoms with van der Waals surface area (Å²) in [6, 6.07) is 7.31. The highest BCUT2D eigenvalue weighted by molar-refractivity contribution is 6.08. The maximum absolute atomic E-state index is 15.3. The monoisotopic (exact) mass is 820 g/mol. The van der Waals surface area contributed by atoms with Gasteiger partial charge < -0.3 is 51.2 Å². The van der Waals surface area contributed by atoms with Crippen molar-refractivity contribution in [2.24, 2.45) is 17.1 Å². The number of aromatic nitrogens is 1. The van der Waals surface area contributed by atoms with Gasteiger partial charge in [-0.25, -0.2) is 18.8 Å². The molecule has 1 aromatic heterocycles. The smallest absolute Gasteiger partial charge is 0.410 e. The number of nitrogens with two attached hydrogens (primary N) is 1. The van der Waals surface area contributed by atoms with Crippen LogP contribution in [0.25, 0.3) is 10.9 Å². The van der Waals surface area contributed by atoms with E-state index in [1.165, 1.54) is 17.2 Å². The van der Waals surface area contributed by atoms with E-state index in [0.29, 0.717) is 49.0 Å². The number of hydrogen-bond donors (Lipinski definition) is 6. The Kier molecular flexibility index (Phi) is 14.2. The summed E-state index contributed by atoms with van der Waals surface area (Å²) in [5.41, 5.74) is 4.40. The Balaban J connectivity index is 1.15. The number of pyridine rings is 1. The van der Waals surface area contributed by atoms with Gasteiger partial charge in [0.2, 0.25) is 23.2 Å². The highest BCUT2D eigenvalue weighted by Crippen LogP contribution is 2.42. The minimum Gasteiger partial charge on any atom is -0.477 e. The van der Waals surface area contributed by atoms with Gasteiger partial charge >= 0.3 is 18.1 Å². The van der Waals surface area contributed by atoms with E-state index in [-0.39, 0.29) is 74.7 Å². The van der Waals surface area contributed by atoms with E-state index in [4.69, 9.17) is 10.5 Å². The molecule has 59 heavy (non-hydrogen) atoms. The second kappa shape index (κ2) is 19.0. The van der Waals surface area contributed by atoms with Gasteiger partial charge in [-0.3, -0.25) is 19.2 Å². The molecule has 2 heterocycles. The van der Waals surface area contributed by atoms with Gasteiger partial charge in [0.05, 0.1) is 11.2 Å². The average molecular weight is 821 g/mol. The van der Waals surface area contributed by atoms with Gasteiger partial charge in [-0.05, 0) is 75.3 Å². The van der Waals surface area contributed by atoms with Gasteiger partial charge in [0, 0.05) is 62.6 Å². The third-order valence-electron chi connectivity index (χ3n) is 11.2. The molecule has 1 aliphatic carbocycles. The molecule has 7 N–H and O–H groups in total. The molecule has 6 amide bonds. The van der Waals surface area contributed by atoms with E-state index < -0.39 is 58.2 Å². The summed E-state index contributed by atoms with van der Waals surface area (Å²) in [7, 11) is 0. The lowest BCUT2D eigenvalue weighted by Gasteiger charge is -2.40. The van der Waals surface area contributed by atoms with E-state index in [0.717, 1.165) is 6.07 Å². The number of urea groups is 1. The van der Waals surface area contributed by atoms with Crippen molar-refractivity contribution >= 4 is 58.1 Å². The van der Waals surface area contributed by atoms with Crippen molar-refractivity contribution in [2.75, 3.05) is 42.9 Å². The van der Waals surface area contributed by atoms with Crippen LogP contribution in [0.4, 0.5) is 25.4 Å². The molecule has 5 rings (SSSR count). The molecule has 18 heteroatoms. The number of rotatable bonds is 16. The predicted molar refractivity (Wildman–Crippen MR) is 217 cm³/mol. The van der Waals surface area contributed by atoms with Crippen LogP contribution in [0.2, 0.25) is 0 Å². The number of anilines is 2. The van der Waals surface area contributed by atoms with E-state index in [9.17, 15) is 38.7 Å². The second-order valence-corrected chi connectivity index (χ2v) is 15.4. The van der Waals surface area contributed by atoms with E-state index in [1.54, 1.807) is 40.7 Å². The molecular weight excluding hydrogens is 767 g/mol. The molecule has 3 aromatic rings. The van der Waals surface area contributed by atoms with Gasteiger partial charge in [-0.15, -0.1) is 0 Å². The number of aromatic carboxylic acids is 1. The van der Waals surface area contributed by atoms with E-state index >= 15 is 4.39 Å². The average Bonchev–Trinajstić information content (AvgIpc) is 3.18. The maximum Gasteiger partial charge on any atom is 0.410 e. The number of fused-ring (bicyclic) bond motifs is 1. The minimum atomic E-state index is -1.39. The van der Waals surface area contributed by atoms with Crippen molar-refractivity contribution in [1.29, 1.82) is 0 Å². The number of piperazine rings is 1. The van der Waals surface area contributed by atoms with Crippen molar-refractivity contribution < 1.29 is 43.0 Å². The van der Waals surface area contributed by atoms with E-state index in [2.05, 4.69) is 21.3 Å². The van der Waals surface area contributed by atoms with Crippen molar-refractivity contribution in [3.05, 3.63) is 69.8 Å². The Morgan fingerprint density at radius 1 is 0.966 bits per heavy atom. The molecule has 0 bridgehead atoms. The molecular formula is C41H53FN8O9. The Morgan fingerprint density at radius 3 is 2.20 bits per heavy atom. The summed E-state index contributed by atoms with van der Waals surface area (Å²) in [5, 5.41) is 20.4. The number of benzene rings is 2. The Hall–Kier alpha value is -6.20. The fourth-order valence-corrected chi connectivity index (χ4v) is 7.02. The third-order valence-corrected chi connectivity index (χ3v) is 11.2. The first-order chi connectivity index (χ1) is 28.0. The van der Waals surface area contributed by atoms with Crippen LogP contribution in [0.5, 0.6) is 0 Å². The number of carboxylic acids is 1. The number of hydrogen-bond acceptors (Lipinski definition) is 9. The Morgan fingerprint density at radius 2 is 1.63 bits per heavy atom. The van der Waals surface area contributed by atoms with Crippen LogP contribution >= 0.6 is 0 Å². The number of aryl methyl sites for hydroxylation is 1. The molecule has 2 fully saturated rings. The Labute approximate surface area is 340 Å². The first-order valence-corrected chi connectivity index (χ1v) is 19.9. The molecule has 1 unspecified atom stereocenters. The first kappa shape index (κ1) is 43.9. The van der Waals surface area contributed by atoms with Crippen LogP contribution in [0.1, 0.15) is 75.7 Å². The van der Waals surface area contributed by atoms with Gasteiger partial charge in [-0.2, -0.15) is 0 Å². The van der Waals surface area contributed by atoms with Crippen LogP contribution in [0.15, 0.2) is 47.4 Å². The number of carboxylic acid groups (broad SMARTS) is 1. The number of nitrogens with zero attached hydrogens (tertiary/aromatic N) is 3. The molecule has 1 aliphatic heterocycles. The maximum atomic E-state index is 15.3. The van der Waals surface area contributed by atoms with Crippen LogP contribution < -0.4 is 37.3 Å². The van der Waals surface area contributed by atoms with E-state index in [1.807, 2.05) is 20.8 Å². The molecule has 1 saturated heterocycles. The quantitative estimate of drug-likeness (QED) is 0.0909. The molecule has 2 aliphatic rings. The molecule has 2 atom stereocenters. The molecule has 0 spiro atoms. The number of carbonyl (C=O) groups excluding carboxylic acids is 5. The zero-order valence-corrected chi connectivity index (χ0v) is 33.8. The van der Waals surface area contributed by atoms with Crippen molar-refractivity contribution in [3.8, 4) is 0 Å². The Bertz CT molecular complexity index is 2130. The summed E-state index contributed by atoms with van der Waals surface area (Å²) >= 11 is 0. The molecule has 318 valence electrons. The molecule has 2 aromatic carbocycles. The van der Waals surface area contributed by atoms with Crippen molar-refractivity contribution in [2.45, 2.75) is 85.0 Å². The van der Waals surface area contributed by atoms with Gasteiger partial charge in [0.25, 0.3) is 0 Å². The normalized spacial score (nSPS) is 15.8.